The van der Waals surface area contributed by atoms with Crippen molar-refractivity contribution in [3.8, 4) is 0 Å². The van der Waals surface area contributed by atoms with Crippen LogP contribution in [0.2, 0.25) is 0 Å². The third kappa shape index (κ3) is 3.36. The predicted octanol–water partition coefficient (Wildman–Crippen LogP) is 1.54. The van der Waals surface area contributed by atoms with Crippen molar-refractivity contribution in [1.82, 2.24) is 9.21 Å². The summed E-state index contributed by atoms with van der Waals surface area (Å²) < 4.78 is 25.2. The first-order chi connectivity index (χ1) is 8.79. The number of halogens is 1. The Balaban J connectivity index is 2.04. The molecule has 0 unspecified atom stereocenters. The first-order valence-electron chi connectivity index (χ1n) is 5.79. The minimum absolute atomic E-state index is 0.0213. The number of sulfonamides is 1. The molecule has 1 saturated heterocycles. The van der Waals surface area contributed by atoms with Gasteiger partial charge in [-0.3, -0.25) is 4.79 Å². The molecule has 1 aliphatic rings. The van der Waals surface area contributed by atoms with Crippen molar-refractivity contribution in [3.05, 3.63) is 20.3 Å². The van der Waals surface area contributed by atoms with E-state index in [-0.39, 0.29) is 5.91 Å². The van der Waals surface area contributed by atoms with Crippen molar-refractivity contribution < 1.29 is 13.2 Å². The van der Waals surface area contributed by atoms with Crippen LogP contribution in [0.15, 0.2) is 9.85 Å². The number of carbonyl (C=O) groups excluding carboxylic acids is 1. The van der Waals surface area contributed by atoms with E-state index in [9.17, 15) is 13.2 Å². The van der Waals surface area contributed by atoms with Crippen LogP contribution in [0.1, 0.15) is 15.2 Å². The van der Waals surface area contributed by atoms with Gasteiger partial charge in [0, 0.05) is 26.2 Å². The smallest absolute Gasteiger partial charge is 0.264 e. The Morgan fingerprint density at radius 1 is 1.32 bits per heavy atom. The molecule has 1 amide bonds. The molecule has 1 fully saturated rings. The van der Waals surface area contributed by atoms with Crippen molar-refractivity contribution in [3.63, 3.8) is 0 Å². The van der Waals surface area contributed by atoms with Crippen molar-refractivity contribution in [2.24, 2.45) is 0 Å². The molecule has 19 heavy (non-hydrogen) atoms. The van der Waals surface area contributed by atoms with E-state index in [4.69, 9.17) is 0 Å². The third-order valence-corrected chi connectivity index (χ3v) is 6.49. The lowest BCUT2D eigenvalue weighted by Gasteiger charge is -2.32. The maximum Gasteiger partial charge on any atom is 0.264 e. The van der Waals surface area contributed by atoms with E-state index in [1.165, 1.54) is 21.9 Å². The van der Waals surface area contributed by atoms with E-state index >= 15 is 0 Å². The minimum atomic E-state index is -3.15. The summed E-state index contributed by atoms with van der Waals surface area (Å²) in [6.07, 6.45) is 1.20. The topological polar surface area (TPSA) is 57.7 Å². The lowest BCUT2D eigenvalue weighted by Crippen LogP contribution is -2.50. The first-order valence-corrected chi connectivity index (χ1v) is 9.25. The fourth-order valence-corrected chi connectivity index (χ4v) is 4.27. The molecule has 0 N–H and O–H groups in total. The molecule has 2 rings (SSSR count). The summed E-state index contributed by atoms with van der Waals surface area (Å²) in [6.45, 7) is 3.58. The Morgan fingerprint density at radius 2 is 1.89 bits per heavy atom. The molecule has 0 bridgehead atoms. The van der Waals surface area contributed by atoms with Crippen LogP contribution < -0.4 is 0 Å². The summed E-state index contributed by atoms with van der Waals surface area (Å²) in [5, 5.41) is 0. The highest BCUT2D eigenvalue weighted by Crippen LogP contribution is 2.28. The van der Waals surface area contributed by atoms with Crippen LogP contribution in [-0.2, 0) is 10.0 Å². The molecule has 0 spiro atoms. The summed E-state index contributed by atoms with van der Waals surface area (Å²) >= 11 is 4.82. The molecular formula is C11H15BrN2O3S2. The zero-order valence-electron chi connectivity index (χ0n) is 10.7. The number of nitrogens with zero attached hydrogens (tertiary/aromatic N) is 2. The first kappa shape index (κ1) is 15.0. The number of amides is 1. The highest BCUT2D eigenvalue weighted by atomic mass is 79.9. The quantitative estimate of drug-likeness (QED) is 0.797. The van der Waals surface area contributed by atoms with E-state index in [2.05, 4.69) is 15.9 Å². The van der Waals surface area contributed by atoms with Crippen molar-refractivity contribution >= 4 is 43.2 Å². The number of carbonyl (C=O) groups is 1. The minimum Gasteiger partial charge on any atom is -0.335 e. The summed E-state index contributed by atoms with van der Waals surface area (Å²) in [7, 11) is -3.15. The normalized spacial score (nSPS) is 17.7. The van der Waals surface area contributed by atoms with Gasteiger partial charge in [0.1, 0.15) is 0 Å². The fraction of sp³-hybridized carbons (Fsp3) is 0.545. The SMILES string of the molecule is Cc1cc(C(=O)N2CCN(S(C)(=O)=O)CC2)sc1Br. The molecule has 106 valence electrons. The van der Waals surface area contributed by atoms with Gasteiger partial charge in [0.15, 0.2) is 0 Å². The van der Waals surface area contributed by atoms with Gasteiger partial charge in [0.2, 0.25) is 10.0 Å². The third-order valence-electron chi connectivity index (χ3n) is 3.06. The van der Waals surface area contributed by atoms with Gasteiger partial charge in [-0.1, -0.05) is 0 Å². The molecule has 0 radical (unpaired) electrons. The molecule has 1 aliphatic heterocycles. The lowest BCUT2D eigenvalue weighted by atomic mass is 10.3. The zero-order valence-corrected chi connectivity index (χ0v) is 13.9. The number of rotatable bonds is 2. The second kappa shape index (κ2) is 5.51. The summed E-state index contributed by atoms with van der Waals surface area (Å²) in [5.74, 6) is -0.0213. The number of thiophene rings is 1. The van der Waals surface area contributed by atoms with Gasteiger partial charge in [-0.15, -0.1) is 11.3 Å². The molecule has 0 atom stereocenters. The van der Waals surface area contributed by atoms with Crippen LogP contribution >= 0.6 is 27.3 Å². The largest absolute Gasteiger partial charge is 0.335 e. The molecular weight excluding hydrogens is 352 g/mol. The Bertz CT molecular complexity index is 570. The van der Waals surface area contributed by atoms with E-state index in [0.29, 0.717) is 31.1 Å². The molecule has 2 heterocycles. The number of hydrogen-bond donors (Lipinski definition) is 0. The summed E-state index contributed by atoms with van der Waals surface area (Å²) in [5.41, 5.74) is 1.04. The van der Waals surface area contributed by atoms with Gasteiger partial charge in [0.25, 0.3) is 5.91 Å². The Morgan fingerprint density at radius 3 is 2.32 bits per heavy atom. The van der Waals surface area contributed by atoms with Gasteiger partial charge in [-0.25, -0.2) is 8.42 Å². The van der Waals surface area contributed by atoms with E-state index in [1.54, 1.807) is 4.90 Å². The maximum absolute atomic E-state index is 12.3. The monoisotopic (exact) mass is 366 g/mol. The van der Waals surface area contributed by atoms with Crippen molar-refractivity contribution in [1.29, 1.82) is 0 Å². The van der Waals surface area contributed by atoms with Gasteiger partial charge in [-0.05, 0) is 34.5 Å². The van der Waals surface area contributed by atoms with Crippen LogP contribution in [0.3, 0.4) is 0 Å². The maximum atomic E-state index is 12.3. The Kier molecular flexibility index (Phi) is 4.34. The number of piperazine rings is 1. The van der Waals surface area contributed by atoms with Gasteiger partial charge >= 0.3 is 0 Å². The fourth-order valence-electron chi connectivity index (χ4n) is 1.94. The summed E-state index contributed by atoms with van der Waals surface area (Å²) in [4.78, 5) is 14.7. The summed E-state index contributed by atoms with van der Waals surface area (Å²) in [6, 6.07) is 1.86. The zero-order chi connectivity index (χ0) is 14.2. The Hall–Kier alpha value is -0.440. The molecule has 0 aliphatic carbocycles. The van der Waals surface area contributed by atoms with Gasteiger partial charge in [-0.2, -0.15) is 4.31 Å². The van der Waals surface area contributed by atoms with Gasteiger partial charge in [0.05, 0.1) is 14.9 Å². The van der Waals surface area contributed by atoms with Gasteiger partial charge < -0.3 is 4.90 Å². The van der Waals surface area contributed by atoms with Crippen molar-refractivity contribution in [2.45, 2.75) is 6.92 Å². The lowest BCUT2D eigenvalue weighted by molar-refractivity contribution is 0.0703. The van der Waals surface area contributed by atoms with Crippen LogP contribution in [0.25, 0.3) is 0 Å². The molecule has 1 aromatic rings. The number of hydrogen-bond acceptors (Lipinski definition) is 4. The molecule has 8 heteroatoms. The Labute approximate surface area is 125 Å². The van der Waals surface area contributed by atoms with Crippen molar-refractivity contribution in [2.75, 3.05) is 32.4 Å². The second-order valence-electron chi connectivity index (χ2n) is 4.52. The standard InChI is InChI=1S/C11H15BrN2O3S2/c1-8-7-9(18-10(8)12)11(15)13-3-5-14(6-4-13)19(2,16)17/h7H,3-6H2,1-2H3. The molecule has 5 nitrogen and oxygen atoms in total. The van der Waals surface area contributed by atoms with Crippen LogP contribution in [0, 0.1) is 6.92 Å². The van der Waals surface area contributed by atoms with E-state index < -0.39 is 10.0 Å². The van der Waals surface area contributed by atoms with E-state index in [0.717, 1.165) is 9.35 Å². The predicted molar refractivity (Wildman–Crippen MR) is 79.1 cm³/mol. The molecule has 0 aromatic carbocycles. The number of aryl methyl sites for hydroxylation is 1. The molecule has 1 aromatic heterocycles. The molecule has 0 saturated carbocycles. The highest BCUT2D eigenvalue weighted by Gasteiger charge is 2.27. The van der Waals surface area contributed by atoms with Crippen LogP contribution in [0.4, 0.5) is 0 Å². The van der Waals surface area contributed by atoms with E-state index in [1.807, 2.05) is 13.0 Å². The van der Waals surface area contributed by atoms with Crippen LogP contribution in [0.5, 0.6) is 0 Å². The second-order valence-corrected chi connectivity index (χ2v) is 8.87. The average Bonchev–Trinajstić information content (AvgIpc) is 2.68. The van der Waals surface area contributed by atoms with Crippen LogP contribution in [-0.4, -0.2) is 56.0 Å². The average molecular weight is 367 g/mol. The highest BCUT2D eigenvalue weighted by molar-refractivity contribution is 9.11.